The molecular weight excluding hydrogens is 280 g/mol. The van der Waals surface area contributed by atoms with E-state index in [0.29, 0.717) is 12.0 Å². The molecule has 0 aliphatic rings. The van der Waals surface area contributed by atoms with E-state index in [-0.39, 0.29) is 0 Å². The summed E-state index contributed by atoms with van der Waals surface area (Å²) in [6.45, 7) is 9.89. The van der Waals surface area contributed by atoms with E-state index in [1.54, 1.807) is 11.3 Å². The minimum Gasteiger partial charge on any atom is -0.368 e. The summed E-state index contributed by atoms with van der Waals surface area (Å²) in [7, 11) is 0. The van der Waals surface area contributed by atoms with Crippen LogP contribution in [-0.2, 0) is 6.42 Å². The highest BCUT2D eigenvalue weighted by molar-refractivity contribution is 7.18. The van der Waals surface area contributed by atoms with E-state index in [9.17, 15) is 0 Å². The predicted molar refractivity (Wildman–Crippen MR) is 93.2 cm³/mol. The minimum atomic E-state index is 0.381. The summed E-state index contributed by atoms with van der Waals surface area (Å²) < 4.78 is 0. The molecule has 2 aromatic heterocycles. The number of nitrogen functional groups attached to an aromatic ring is 1. The lowest BCUT2D eigenvalue weighted by molar-refractivity contribution is 0.591. The third kappa shape index (κ3) is 3.46. The van der Waals surface area contributed by atoms with Gasteiger partial charge in [-0.1, -0.05) is 27.2 Å². The molecule has 0 fully saturated rings. The second-order valence-corrected chi connectivity index (χ2v) is 6.61. The molecule has 2 N–H and O–H groups in total. The average molecular weight is 306 g/mol. The average Bonchev–Trinajstić information content (AvgIpc) is 2.89. The molecule has 0 aliphatic heterocycles. The van der Waals surface area contributed by atoms with Gasteiger partial charge in [0.1, 0.15) is 10.6 Å². The first-order chi connectivity index (χ1) is 10.1. The molecule has 21 heavy (non-hydrogen) atoms. The summed E-state index contributed by atoms with van der Waals surface area (Å²) >= 11 is 1.73. The van der Waals surface area contributed by atoms with Gasteiger partial charge >= 0.3 is 0 Å². The van der Waals surface area contributed by atoms with Crippen LogP contribution in [0.1, 0.15) is 51.8 Å². The van der Waals surface area contributed by atoms with Crippen LogP contribution in [0, 0.1) is 0 Å². The Morgan fingerprint density at radius 3 is 2.67 bits per heavy atom. The molecule has 0 aromatic carbocycles. The Bertz CT molecular complexity index is 593. The number of hydrogen-bond donors (Lipinski definition) is 1. The number of aryl methyl sites for hydroxylation is 1. The highest BCUT2D eigenvalue weighted by Crippen LogP contribution is 2.33. The summed E-state index contributed by atoms with van der Waals surface area (Å²) in [5, 5.41) is 1.16. The zero-order valence-electron chi connectivity index (χ0n) is 13.5. The van der Waals surface area contributed by atoms with Gasteiger partial charge < -0.3 is 10.6 Å². The summed E-state index contributed by atoms with van der Waals surface area (Å²) in [6.07, 6.45) is 4.47. The minimum absolute atomic E-state index is 0.381. The highest BCUT2D eigenvalue weighted by Gasteiger charge is 2.19. The van der Waals surface area contributed by atoms with Gasteiger partial charge in [0, 0.05) is 17.5 Å². The number of aromatic nitrogens is 2. The van der Waals surface area contributed by atoms with Gasteiger partial charge in [0.05, 0.1) is 5.39 Å². The number of fused-ring (bicyclic) bond motifs is 1. The molecule has 4 nitrogen and oxygen atoms in total. The molecule has 0 radical (unpaired) electrons. The lowest BCUT2D eigenvalue weighted by atomic mass is 10.1. The SMILES string of the molecule is CCCCN(c1nc(N)nc2sc(CC)cc12)C(C)CC. The van der Waals surface area contributed by atoms with E-state index >= 15 is 0 Å². The Balaban J connectivity index is 2.51. The van der Waals surface area contributed by atoms with Gasteiger partial charge in [-0.15, -0.1) is 11.3 Å². The molecule has 0 bridgehead atoms. The van der Waals surface area contributed by atoms with E-state index < -0.39 is 0 Å². The Morgan fingerprint density at radius 1 is 1.29 bits per heavy atom. The maximum Gasteiger partial charge on any atom is 0.223 e. The second kappa shape index (κ2) is 7.07. The fourth-order valence-electron chi connectivity index (χ4n) is 2.45. The van der Waals surface area contributed by atoms with Crippen LogP contribution in [0.4, 0.5) is 11.8 Å². The van der Waals surface area contributed by atoms with Crippen LogP contribution in [0.2, 0.25) is 0 Å². The molecule has 1 unspecified atom stereocenters. The van der Waals surface area contributed by atoms with Crippen molar-refractivity contribution in [1.29, 1.82) is 0 Å². The zero-order valence-corrected chi connectivity index (χ0v) is 14.3. The van der Waals surface area contributed by atoms with Crippen molar-refractivity contribution in [2.45, 2.75) is 59.4 Å². The number of unbranched alkanes of at least 4 members (excludes halogenated alkanes) is 1. The molecule has 1 atom stereocenters. The zero-order chi connectivity index (χ0) is 15.4. The van der Waals surface area contributed by atoms with E-state index in [4.69, 9.17) is 5.73 Å². The van der Waals surface area contributed by atoms with Gasteiger partial charge in [-0.05, 0) is 32.3 Å². The molecule has 5 heteroatoms. The molecule has 116 valence electrons. The Labute approximate surface area is 131 Å². The third-order valence-corrected chi connectivity index (χ3v) is 5.11. The van der Waals surface area contributed by atoms with Crippen LogP contribution in [-0.4, -0.2) is 22.6 Å². The fraction of sp³-hybridized carbons (Fsp3) is 0.625. The first-order valence-electron chi connectivity index (χ1n) is 7.93. The number of thiophene rings is 1. The quantitative estimate of drug-likeness (QED) is 0.831. The Kier molecular flexibility index (Phi) is 5.39. The van der Waals surface area contributed by atoms with Gasteiger partial charge in [0.15, 0.2) is 0 Å². The summed E-state index contributed by atoms with van der Waals surface area (Å²) in [5.41, 5.74) is 5.94. The molecule has 2 aromatic rings. The van der Waals surface area contributed by atoms with Gasteiger partial charge in [0.25, 0.3) is 0 Å². The monoisotopic (exact) mass is 306 g/mol. The van der Waals surface area contributed by atoms with Crippen LogP contribution < -0.4 is 10.6 Å². The van der Waals surface area contributed by atoms with E-state index in [0.717, 1.165) is 35.4 Å². The fourth-order valence-corrected chi connectivity index (χ4v) is 3.42. The summed E-state index contributed by atoms with van der Waals surface area (Å²) in [4.78, 5) is 13.7. The Morgan fingerprint density at radius 2 is 2.05 bits per heavy atom. The van der Waals surface area contributed by atoms with E-state index in [1.807, 2.05) is 0 Å². The normalized spacial score (nSPS) is 12.8. The maximum absolute atomic E-state index is 5.94. The van der Waals surface area contributed by atoms with Crippen LogP contribution in [0.25, 0.3) is 10.2 Å². The molecule has 2 heterocycles. The summed E-state index contributed by atoms with van der Waals surface area (Å²) in [6, 6.07) is 2.69. The summed E-state index contributed by atoms with van der Waals surface area (Å²) in [5.74, 6) is 1.39. The van der Waals surface area contributed by atoms with Gasteiger partial charge in [-0.3, -0.25) is 0 Å². The van der Waals surface area contributed by atoms with Crippen molar-refractivity contribution in [3.63, 3.8) is 0 Å². The number of rotatable bonds is 7. The topological polar surface area (TPSA) is 55.0 Å². The van der Waals surface area contributed by atoms with Crippen molar-refractivity contribution in [1.82, 2.24) is 9.97 Å². The lowest BCUT2D eigenvalue weighted by Gasteiger charge is -2.30. The van der Waals surface area contributed by atoms with Crippen molar-refractivity contribution >= 4 is 33.3 Å². The van der Waals surface area contributed by atoms with Crippen LogP contribution in [0.3, 0.4) is 0 Å². The predicted octanol–water partition coefficient (Wildman–Crippen LogP) is 4.24. The Hall–Kier alpha value is -1.36. The van der Waals surface area contributed by atoms with Gasteiger partial charge in [-0.2, -0.15) is 4.98 Å². The van der Waals surface area contributed by atoms with Crippen LogP contribution in [0.5, 0.6) is 0 Å². The van der Waals surface area contributed by atoms with Crippen LogP contribution in [0.15, 0.2) is 6.07 Å². The standard InChI is InChI=1S/C16H26N4S/c1-5-8-9-20(11(4)6-2)14-13-10-12(7-3)21-15(13)19-16(17)18-14/h10-11H,5-9H2,1-4H3,(H2,17,18,19). The first kappa shape index (κ1) is 16.0. The van der Waals surface area contributed by atoms with E-state index in [2.05, 4.69) is 48.6 Å². The molecule has 0 amide bonds. The van der Waals surface area contributed by atoms with Crippen molar-refractivity contribution in [2.75, 3.05) is 17.2 Å². The number of anilines is 2. The molecule has 2 rings (SSSR count). The van der Waals surface area contributed by atoms with Crippen molar-refractivity contribution in [3.8, 4) is 0 Å². The number of nitrogens with zero attached hydrogens (tertiary/aromatic N) is 3. The van der Waals surface area contributed by atoms with Crippen molar-refractivity contribution in [3.05, 3.63) is 10.9 Å². The first-order valence-corrected chi connectivity index (χ1v) is 8.74. The highest BCUT2D eigenvalue weighted by atomic mass is 32.1. The van der Waals surface area contributed by atoms with Gasteiger partial charge in [-0.25, -0.2) is 4.98 Å². The maximum atomic E-state index is 5.94. The molecule has 0 spiro atoms. The van der Waals surface area contributed by atoms with Gasteiger partial charge in [0.2, 0.25) is 5.95 Å². The largest absolute Gasteiger partial charge is 0.368 e. The number of hydrogen-bond acceptors (Lipinski definition) is 5. The molecule has 0 saturated heterocycles. The van der Waals surface area contributed by atoms with Crippen LogP contribution >= 0.6 is 11.3 Å². The lowest BCUT2D eigenvalue weighted by Crippen LogP contribution is -2.34. The number of nitrogens with two attached hydrogens (primary N) is 1. The second-order valence-electron chi connectivity index (χ2n) is 5.49. The van der Waals surface area contributed by atoms with Crippen molar-refractivity contribution < 1.29 is 0 Å². The molecular formula is C16H26N4S. The molecule has 0 aliphatic carbocycles. The smallest absolute Gasteiger partial charge is 0.223 e. The third-order valence-electron chi connectivity index (χ3n) is 3.94. The van der Waals surface area contributed by atoms with E-state index in [1.165, 1.54) is 17.7 Å². The molecule has 0 saturated carbocycles. The van der Waals surface area contributed by atoms with Crippen molar-refractivity contribution in [2.24, 2.45) is 0 Å².